The number of aliphatic hydroxyl groups excluding tert-OH is 1. The van der Waals surface area contributed by atoms with Crippen LogP contribution in [0.25, 0.3) is 0 Å². The van der Waals surface area contributed by atoms with E-state index in [4.69, 9.17) is 10.5 Å². The molecule has 1 atom stereocenters. The number of nitrogens with zero attached hydrogens (tertiary/aromatic N) is 2. The maximum atomic E-state index is 13.5. The molecule has 0 spiro atoms. The molecule has 214 valence electrons. The maximum absolute atomic E-state index is 13.5. The Bertz CT molecular complexity index is 982. The molecule has 2 aromatic carbocycles. The molecule has 4 N–H and O–H groups in total. The number of ether oxygens (including phenoxy) is 1. The molecule has 2 aromatic rings. The molecule has 4 rings (SSSR count). The number of morpholine rings is 1. The summed E-state index contributed by atoms with van der Waals surface area (Å²) in [6, 6.07) is 9.44. The quantitative estimate of drug-likeness (QED) is 0.450. The van der Waals surface area contributed by atoms with E-state index < -0.39 is 17.8 Å². The third kappa shape index (κ3) is 8.83. The Morgan fingerprint density at radius 3 is 2.13 bits per heavy atom. The van der Waals surface area contributed by atoms with Crippen molar-refractivity contribution in [2.45, 2.75) is 65.5 Å². The van der Waals surface area contributed by atoms with Gasteiger partial charge in [-0.3, -0.25) is 0 Å². The van der Waals surface area contributed by atoms with Gasteiger partial charge in [0.25, 0.3) is 0 Å². The first-order valence-electron chi connectivity index (χ1n) is 13.3. The van der Waals surface area contributed by atoms with Gasteiger partial charge in [-0.15, -0.1) is 0 Å². The monoisotopic (exact) mass is 542 g/mol. The van der Waals surface area contributed by atoms with Crippen molar-refractivity contribution in [1.82, 2.24) is 5.32 Å². The Hall–Kier alpha value is -2.40. The predicted octanol–water partition coefficient (Wildman–Crippen LogP) is 4.92. The molecule has 0 saturated carbocycles. The summed E-state index contributed by atoms with van der Waals surface area (Å²) in [5.74, 6) is -0.221. The number of hydrogen-bond donors (Lipinski definition) is 3. The molecule has 0 radical (unpaired) electrons. The van der Waals surface area contributed by atoms with E-state index in [1.165, 1.54) is 12.1 Å². The van der Waals surface area contributed by atoms with Gasteiger partial charge in [0.15, 0.2) is 0 Å². The van der Waals surface area contributed by atoms with Crippen LogP contribution < -0.4 is 20.9 Å². The van der Waals surface area contributed by atoms with Gasteiger partial charge in [-0.05, 0) is 30.7 Å². The summed E-state index contributed by atoms with van der Waals surface area (Å²) in [6.45, 7) is 12.2. The fourth-order valence-electron chi connectivity index (χ4n) is 4.44. The SMILES string of the molecule is CC.CC(C)NCc1c(N2CCC(O)C2)cccc1C(F)(F)F.NCc1c(F)cccc1N1CCOCC1. The Morgan fingerprint density at radius 2 is 1.61 bits per heavy atom. The molecule has 6 nitrogen and oxygen atoms in total. The van der Waals surface area contributed by atoms with Gasteiger partial charge in [0, 0.05) is 67.8 Å². The number of alkyl halides is 3. The van der Waals surface area contributed by atoms with Gasteiger partial charge in [0.2, 0.25) is 0 Å². The van der Waals surface area contributed by atoms with E-state index in [1.807, 2.05) is 38.7 Å². The number of halogens is 4. The highest BCUT2D eigenvalue weighted by Crippen LogP contribution is 2.37. The Morgan fingerprint density at radius 1 is 1.00 bits per heavy atom. The van der Waals surface area contributed by atoms with Gasteiger partial charge in [-0.2, -0.15) is 13.2 Å². The van der Waals surface area contributed by atoms with E-state index >= 15 is 0 Å². The van der Waals surface area contributed by atoms with E-state index in [0.717, 1.165) is 24.8 Å². The zero-order valence-electron chi connectivity index (χ0n) is 22.8. The Labute approximate surface area is 223 Å². The number of aliphatic hydroxyl groups is 1. The van der Waals surface area contributed by atoms with Gasteiger partial charge in [0.1, 0.15) is 5.82 Å². The van der Waals surface area contributed by atoms with Gasteiger partial charge in [-0.25, -0.2) is 4.39 Å². The second kappa shape index (κ2) is 15.3. The Kier molecular flexibility index (Phi) is 12.8. The van der Waals surface area contributed by atoms with Crippen molar-refractivity contribution >= 4 is 11.4 Å². The van der Waals surface area contributed by atoms with E-state index in [-0.39, 0.29) is 30.5 Å². The number of rotatable bonds is 6. The van der Waals surface area contributed by atoms with Crippen molar-refractivity contribution in [3.8, 4) is 0 Å². The lowest BCUT2D eigenvalue weighted by Gasteiger charge is -2.30. The third-order valence-electron chi connectivity index (χ3n) is 6.30. The smallest absolute Gasteiger partial charge is 0.391 e. The second-order valence-corrected chi connectivity index (χ2v) is 9.27. The van der Waals surface area contributed by atoms with Crippen LogP contribution in [0.3, 0.4) is 0 Å². The van der Waals surface area contributed by atoms with Crippen LogP contribution in [0, 0.1) is 5.82 Å². The molecule has 2 saturated heterocycles. The lowest BCUT2D eigenvalue weighted by molar-refractivity contribution is -0.138. The van der Waals surface area contributed by atoms with Crippen molar-refractivity contribution in [1.29, 1.82) is 0 Å². The van der Waals surface area contributed by atoms with Crippen LogP contribution in [0.5, 0.6) is 0 Å². The van der Waals surface area contributed by atoms with Gasteiger partial charge in [0.05, 0.1) is 24.9 Å². The van der Waals surface area contributed by atoms with Gasteiger partial charge < -0.3 is 30.7 Å². The highest BCUT2D eigenvalue weighted by Gasteiger charge is 2.35. The molecule has 1 unspecified atom stereocenters. The standard InChI is InChI=1S/C15H21F3N2O.C11H15FN2O.C2H6/c1-10(2)19-8-12-13(15(16,17)18)4-3-5-14(12)20-7-6-11(21)9-20;12-10-2-1-3-11(9(10)8-13)14-4-6-15-7-5-14;1-2/h3-5,10-11,19,21H,6-9H2,1-2H3;1-3H,4-8,13H2;1-2H3. The third-order valence-corrected chi connectivity index (χ3v) is 6.30. The first-order chi connectivity index (χ1) is 18.1. The van der Waals surface area contributed by atoms with Crippen molar-refractivity contribution in [3.05, 3.63) is 58.9 Å². The molecule has 2 aliphatic heterocycles. The van der Waals surface area contributed by atoms with Crippen LogP contribution in [-0.4, -0.2) is 56.6 Å². The summed E-state index contributed by atoms with van der Waals surface area (Å²) < 4.78 is 58.4. The lowest BCUT2D eigenvalue weighted by atomic mass is 10.0. The molecular formula is C28H42F4N4O2. The lowest BCUT2D eigenvalue weighted by Crippen LogP contribution is -2.37. The number of hydrogen-bond acceptors (Lipinski definition) is 6. The largest absolute Gasteiger partial charge is 0.416 e. The van der Waals surface area contributed by atoms with Crippen LogP contribution in [0.2, 0.25) is 0 Å². The van der Waals surface area contributed by atoms with E-state index in [1.54, 1.807) is 12.1 Å². The van der Waals surface area contributed by atoms with Crippen LogP contribution in [-0.2, 0) is 24.0 Å². The summed E-state index contributed by atoms with van der Waals surface area (Å²) >= 11 is 0. The van der Waals surface area contributed by atoms with Crippen molar-refractivity contribution < 1.29 is 27.4 Å². The molecule has 10 heteroatoms. The maximum Gasteiger partial charge on any atom is 0.416 e. The van der Waals surface area contributed by atoms with Crippen LogP contribution >= 0.6 is 0 Å². The topological polar surface area (TPSA) is 74.0 Å². The Balaban J connectivity index is 0.000000262. The minimum atomic E-state index is -4.37. The van der Waals surface area contributed by atoms with Gasteiger partial charge in [-0.1, -0.05) is 39.8 Å². The zero-order valence-corrected chi connectivity index (χ0v) is 22.8. The average molecular weight is 543 g/mol. The van der Waals surface area contributed by atoms with Crippen LogP contribution in [0.1, 0.15) is 50.8 Å². The second-order valence-electron chi connectivity index (χ2n) is 9.27. The zero-order chi connectivity index (χ0) is 28.3. The number of benzene rings is 2. The van der Waals surface area contributed by atoms with Crippen LogP contribution in [0.15, 0.2) is 36.4 Å². The normalized spacial score (nSPS) is 17.6. The number of nitrogens with one attached hydrogen (secondary N) is 1. The minimum absolute atomic E-state index is 0.100. The van der Waals surface area contributed by atoms with E-state index in [2.05, 4.69) is 10.2 Å². The van der Waals surface area contributed by atoms with Crippen molar-refractivity contribution in [2.24, 2.45) is 5.73 Å². The molecule has 38 heavy (non-hydrogen) atoms. The number of anilines is 2. The van der Waals surface area contributed by atoms with E-state index in [9.17, 15) is 22.7 Å². The van der Waals surface area contributed by atoms with Crippen molar-refractivity contribution in [2.75, 3.05) is 49.2 Å². The summed E-state index contributed by atoms with van der Waals surface area (Å²) in [7, 11) is 0. The summed E-state index contributed by atoms with van der Waals surface area (Å²) in [6.07, 6.45) is -4.25. The molecular weight excluding hydrogens is 500 g/mol. The molecule has 0 bridgehead atoms. The highest BCUT2D eigenvalue weighted by molar-refractivity contribution is 5.58. The molecule has 2 heterocycles. The molecule has 0 aromatic heterocycles. The average Bonchev–Trinajstić information content (AvgIpc) is 3.34. The first-order valence-corrected chi connectivity index (χ1v) is 13.3. The fourth-order valence-corrected chi connectivity index (χ4v) is 4.44. The van der Waals surface area contributed by atoms with Gasteiger partial charge >= 0.3 is 6.18 Å². The predicted molar refractivity (Wildman–Crippen MR) is 145 cm³/mol. The fraction of sp³-hybridized carbons (Fsp3) is 0.571. The summed E-state index contributed by atoms with van der Waals surface area (Å²) in [5.41, 5.74) is 7.28. The molecule has 0 amide bonds. The minimum Gasteiger partial charge on any atom is -0.391 e. The van der Waals surface area contributed by atoms with Crippen molar-refractivity contribution in [3.63, 3.8) is 0 Å². The first kappa shape index (κ1) is 31.8. The number of β-amino-alcohol motifs (C(OH)–C–C–N with tert-alkyl or cyclic N) is 1. The summed E-state index contributed by atoms with van der Waals surface area (Å²) in [5, 5.41) is 12.7. The van der Waals surface area contributed by atoms with E-state index in [0.29, 0.717) is 44.0 Å². The highest BCUT2D eigenvalue weighted by atomic mass is 19.4. The summed E-state index contributed by atoms with van der Waals surface area (Å²) in [4.78, 5) is 3.95. The van der Waals surface area contributed by atoms with Crippen LogP contribution in [0.4, 0.5) is 28.9 Å². The number of nitrogens with two attached hydrogens (primary N) is 1. The molecule has 2 aliphatic rings. The molecule has 0 aliphatic carbocycles. The molecule has 2 fully saturated rings.